The van der Waals surface area contributed by atoms with Gasteiger partial charge < -0.3 is 11.1 Å². The van der Waals surface area contributed by atoms with Crippen LogP contribution in [0, 0.1) is 16.0 Å². The molecule has 104 valence electrons. The quantitative estimate of drug-likeness (QED) is 0.644. The van der Waals surface area contributed by atoms with Crippen molar-refractivity contribution < 1.29 is 4.92 Å². The zero-order valence-electron chi connectivity index (χ0n) is 11.1. The normalized spacial score (nSPS) is 23.0. The number of hydrogen-bond acceptors (Lipinski definition) is 5. The first kappa shape index (κ1) is 13.6. The summed E-state index contributed by atoms with van der Waals surface area (Å²) in [7, 11) is 0. The number of aromatic nitrogens is 1. The Morgan fingerprint density at radius 3 is 2.63 bits per heavy atom. The Balaban J connectivity index is 1.97. The molecule has 19 heavy (non-hydrogen) atoms. The highest BCUT2D eigenvalue weighted by atomic mass is 16.6. The molecule has 0 aromatic carbocycles. The van der Waals surface area contributed by atoms with Crippen LogP contribution in [0.5, 0.6) is 0 Å². The summed E-state index contributed by atoms with van der Waals surface area (Å²) in [6, 6.07) is 3.43. The second-order valence-corrected chi connectivity index (χ2v) is 5.13. The lowest BCUT2D eigenvalue weighted by atomic mass is 9.84. The molecule has 1 aliphatic rings. The average molecular weight is 264 g/mol. The Bertz CT molecular complexity index is 456. The summed E-state index contributed by atoms with van der Waals surface area (Å²) in [4.78, 5) is 14.2. The number of hydrogen-bond donors (Lipinski definition) is 2. The van der Waals surface area contributed by atoms with Gasteiger partial charge in [-0.2, -0.15) is 0 Å². The highest BCUT2D eigenvalue weighted by molar-refractivity contribution is 5.57. The van der Waals surface area contributed by atoms with Crippen LogP contribution in [0.2, 0.25) is 0 Å². The van der Waals surface area contributed by atoms with E-state index in [1.165, 1.54) is 25.3 Å². The van der Waals surface area contributed by atoms with E-state index >= 15 is 0 Å². The van der Waals surface area contributed by atoms with E-state index in [9.17, 15) is 10.1 Å². The van der Waals surface area contributed by atoms with Gasteiger partial charge >= 0.3 is 5.69 Å². The predicted molar refractivity (Wildman–Crippen MR) is 75.0 cm³/mol. The molecule has 6 heteroatoms. The molecule has 1 aromatic heterocycles. The van der Waals surface area contributed by atoms with Gasteiger partial charge in [-0.3, -0.25) is 10.1 Å². The van der Waals surface area contributed by atoms with E-state index < -0.39 is 4.92 Å². The van der Waals surface area contributed by atoms with Gasteiger partial charge in [0.1, 0.15) is 5.82 Å². The van der Waals surface area contributed by atoms with Crippen LogP contribution in [0.3, 0.4) is 0 Å². The fraction of sp³-hybridized carbons (Fsp3) is 0.615. The average Bonchev–Trinajstić information content (AvgIpc) is 2.39. The maximum atomic E-state index is 10.7. The zero-order chi connectivity index (χ0) is 13.8. The van der Waals surface area contributed by atoms with Crippen LogP contribution >= 0.6 is 0 Å². The molecule has 2 rings (SSSR count). The molecule has 0 bridgehead atoms. The number of pyridine rings is 1. The lowest BCUT2D eigenvalue weighted by molar-refractivity contribution is -0.384. The van der Waals surface area contributed by atoms with Crippen molar-refractivity contribution in [1.29, 1.82) is 0 Å². The van der Waals surface area contributed by atoms with Crippen LogP contribution in [0.1, 0.15) is 39.0 Å². The van der Waals surface area contributed by atoms with Crippen LogP contribution in [0.15, 0.2) is 12.1 Å². The first-order chi connectivity index (χ1) is 9.10. The van der Waals surface area contributed by atoms with Crippen molar-refractivity contribution >= 4 is 17.3 Å². The number of nitrogens with zero attached hydrogens (tertiary/aromatic N) is 2. The number of nitrogens with two attached hydrogens (primary N) is 1. The van der Waals surface area contributed by atoms with Gasteiger partial charge in [0.25, 0.3) is 0 Å². The summed E-state index contributed by atoms with van der Waals surface area (Å²) >= 11 is 0. The van der Waals surface area contributed by atoms with Crippen LogP contribution in [-0.4, -0.2) is 15.9 Å². The first-order valence-electron chi connectivity index (χ1n) is 6.77. The Hall–Kier alpha value is -1.85. The third-order valence-electron chi connectivity index (χ3n) is 3.88. The van der Waals surface area contributed by atoms with Gasteiger partial charge in [0.05, 0.1) is 4.92 Å². The van der Waals surface area contributed by atoms with Crippen molar-refractivity contribution in [3.05, 3.63) is 22.2 Å². The van der Waals surface area contributed by atoms with Crippen molar-refractivity contribution in [2.24, 2.45) is 5.92 Å². The van der Waals surface area contributed by atoms with Gasteiger partial charge in [0.15, 0.2) is 0 Å². The Labute approximate surface area is 112 Å². The summed E-state index contributed by atoms with van der Waals surface area (Å²) in [6.07, 6.45) is 5.96. The Morgan fingerprint density at radius 2 is 2.11 bits per heavy atom. The standard InChI is InChI=1S/C13H20N4O2/c1-2-9-3-5-10(6-4-9)15-12-8-7-11(17(18)19)13(14)16-12/h7-10H,2-6H2,1H3,(H3,14,15,16). The molecule has 1 saturated carbocycles. The van der Waals surface area contributed by atoms with E-state index in [0.717, 1.165) is 18.8 Å². The second kappa shape index (κ2) is 5.86. The van der Waals surface area contributed by atoms with Crippen LogP contribution in [0.4, 0.5) is 17.3 Å². The zero-order valence-corrected chi connectivity index (χ0v) is 11.1. The highest BCUT2D eigenvalue weighted by Gasteiger charge is 2.21. The Kier molecular flexibility index (Phi) is 4.19. The molecule has 0 amide bonds. The van der Waals surface area contributed by atoms with Gasteiger partial charge in [0.2, 0.25) is 5.82 Å². The third kappa shape index (κ3) is 3.33. The predicted octanol–water partition coefficient (Wildman–Crippen LogP) is 2.95. The number of nitrogens with one attached hydrogen (secondary N) is 1. The number of nitro groups is 1. The van der Waals surface area contributed by atoms with Gasteiger partial charge in [-0.05, 0) is 37.7 Å². The summed E-state index contributed by atoms with van der Waals surface area (Å²) in [5.41, 5.74) is 5.44. The molecular weight excluding hydrogens is 244 g/mol. The minimum Gasteiger partial charge on any atom is -0.378 e. The maximum Gasteiger partial charge on any atom is 0.311 e. The van der Waals surface area contributed by atoms with E-state index in [4.69, 9.17) is 5.73 Å². The molecule has 0 saturated heterocycles. The topological polar surface area (TPSA) is 94.1 Å². The molecule has 0 spiro atoms. The number of anilines is 2. The molecule has 1 fully saturated rings. The highest BCUT2D eigenvalue weighted by Crippen LogP contribution is 2.29. The van der Waals surface area contributed by atoms with E-state index in [1.54, 1.807) is 6.07 Å². The van der Waals surface area contributed by atoms with Crippen molar-refractivity contribution in [2.75, 3.05) is 11.1 Å². The SMILES string of the molecule is CCC1CCC(Nc2ccc([N+](=O)[O-])c(N)n2)CC1. The molecule has 6 nitrogen and oxygen atoms in total. The van der Waals surface area contributed by atoms with Crippen LogP contribution < -0.4 is 11.1 Å². The summed E-state index contributed by atoms with van der Waals surface area (Å²) in [5, 5.41) is 14.0. The van der Waals surface area contributed by atoms with Crippen LogP contribution in [-0.2, 0) is 0 Å². The van der Waals surface area contributed by atoms with E-state index in [2.05, 4.69) is 17.2 Å². The van der Waals surface area contributed by atoms with Gasteiger partial charge in [0, 0.05) is 12.1 Å². The van der Waals surface area contributed by atoms with Crippen molar-refractivity contribution in [2.45, 2.75) is 45.1 Å². The summed E-state index contributed by atoms with van der Waals surface area (Å²) in [6.45, 7) is 2.23. The third-order valence-corrected chi connectivity index (χ3v) is 3.88. The van der Waals surface area contributed by atoms with Gasteiger partial charge in [-0.25, -0.2) is 4.98 Å². The minimum absolute atomic E-state index is 0.0303. The van der Waals surface area contributed by atoms with E-state index in [-0.39, 0.29) is 11.5 Å². The van der Waals surface area contributed by atoms with Gasteiger partial charge in [-0.15, -0.1) is 0 Å². The lowest BCUT2D eigenvalue weighted by Crippen LogP contribution is -2.26. The minimum atomic E-state index is -0.515. The fourth-order valence-electron chi connectivity index (χ4n) is 2.63. The molecule has 1 aliphatic carbocycles. The monoisotopic (exact) mass is 264 g/mol. The lowest BCUT2D eigenvalue weighted by Gasteiger charge is -2.28. The number of nitrogen functional groups attached to an aromatic ring is 1. The molecule has 3 N–H and O–H groups in total. The van der Waals surface area contributed by atoms with E-state index in [1.807, 2.05) is 0 Å². The molecule has 1 aromatic rings. The molecule has 0 atom stereocenters. The molecule has 0 unspecified atom stereocenters. The Morgan fingerprint density at radius 1 is 1.42 bits per heavy atom. The fourth-order valence-corrected chi connectivity index (χ4v) is 2.63. The van der Waals surface area contributed by atoms with Crippen molar-refractivity contribution in [3.63, 3.8) is 0 Å². The largest absolute Gasteiger partial charge is 0.378 e. The van der Waals surface area contributed by atoms with Crippen molar-refractivity contribution in [3.8, 4) is 0 Å². The molecule has 1 heterocycles. The summed E-state index contributed by atoms with van der Waals surface area (Å²) in [5.74, 6) is 1.44. The smallest absolute Gasteiger partial charge is 0.311 e. The van der Waals surface area contributed by atoms with Crippen molar-refractivity contribution in [1.82, 2.24) is 4.98 Å². The van der Waals surface area contributed by atoms with E-state index in [0.29, 0.717) is 11.9 Å². The molecule has 0 aliphatic heterocycles. The molecular formula is C13H20N4O2. The molecule has 0 radical (unpaired) electrons. The second-order valence-electron chi connectivity index (χ2n) is 5.13. The van der Waals surface area contributed by atoms with Crippen LogP contribution in [0.25, 0.3) is 0 Å². The maximum absolute atomic E-state index is 10.7. The first-order valence-corrected chi connectivity index (χ1v) is 6.77. The van der Waals surface area contributed by atoms with Gasteiger partial charge in [-0.1, -0.05) is 13.3 Å². The summed E-state index contributed by atoms with van der Waals surface area (Å²) < 4.78 is 0. The number of rotatable bonds is 4.